The molecule has 92 valence electrons. The lowest BCUT2D eigenvalue weighted by molar-refractivity contribution is 0.143. The lowest BCUT2D eigenvalue weighted by Crippen LogP contribution is -2.44. The molecule has 2 aliphatic rings. The van der Waals surface area contributed by atoms with E-state index < -0.39 is 12.0 Å². The van der Waals surface area contributed by atoms with Crippen molar-refractivity contribution in [3.63, 3.8) is 0 Å². The molecule has 17 heavy (non-hydrogen) atoms. The van der Waals surface area contributed by atoms with E-state index in [1.807, 2.05) is 0 Å². The Labute approximate surface area is 97.5 Å². The van der Waals surface area contributed by atoms with Gasteiger partial charge in [0.25, 0.3) is 6.43 Å². The average Bonchev–Trinajstić information content (AvgIpc) is 2.70. The van der Waals surface area contributed by atoms with Crippen LogP contribution in [0.25, 0.3) is 0 Å². The topological polar surface area (TPSA) is 44.5 Å². The number of hydrogen-bond donors (Lipinski definition) is 1. The number of benzene rings is 1. The van der Waals surface area contributed by atoms with Crippen LogP contribution in [-0.2, 0) is 5.54 Å². The van der Waals surface area contributed by atoms with Crippen molar-refractivity contribution in [3.05, 3.63) is 23.3 Å². The predicted molar refractivity (Wildman–Crippen MR) is 57.2 cm³/mol. The second-order valence-electron chi connectivity index (χ2n) is 4.60. The molecule has 1 aromatic rings. The molecule has 1 aromatic carbocycles. The lowest BCUT2D eigenvalue weighted by Gasteiger charge is -2.39. The Kier molecular flexibility index (Phi) is 2.26. The van der Waals surface area contributed by atoms with Gasteiger partial charge >= 0.3 is 0 Å². The van der Waals surface area contributed by atoms with Crippen LogP contribution in [0.15, 0.2) is 12.1 Å². The van der Waals surface area contributed by atoms with E-state index >= 15 is 0 Å². The molecular formula is C12H13F2NO2. The van der Waals surface area contributed by atoms with E-state index in [1.165, 1.54) is 6.07 Å². The molecule has 2 N–H and O–H groups in total. The quantitative estimate of drug-likeness (QED) is 0.865. The number of rotatable bonds is 2. The van der Waals surface area contributed by atoms with Crippen molar-refractivity contribution in [3.8, 4) is 11.5 Å². The van der Waals surface area contributed by atoms with Gasteiger partial charge in [-0.05, 0) is 37.0 Å². The van der Waals surface area contributed by atoms with Gasteiger partial charge in [-0.1, -0.05) is 0 Å². The van der Waals surface area contributed by atoms with Crippen LogP contribution in [0.2, 0.25) is 0 Å². The van der Waals surface area contributed by atoms with Gasteiger partial charge in [0.15, 0.2) is 11.5 Å². The minimum absolute atomic E-state index is 0.0311. The fourth-order valence-corrected chi connectivity index (χ4v) is 2.40. The third-order valence-electron chi connectivity index (χ3n) is 3.56. The predicted octanol–water partition coefficient (Wildman–Crippen LogP) is 2.69. The number of alkyl halides is 2. The summed E-state index contributed by atoms with van der Waals surface area (Å²) in [6, 6.07) is 2.97. The Hall–Kier alpha value is -1.36. The third kappa shape index (κ3) is 1.57. The first-order chi connectivity index (χ1) is 8.10. The number of fused-ring (bicyclic) bond motifs is 1. The van der Waals surface area contributed by atoms with Gasteiger partial charge in [0.2, 0.25) is 6.79 Å². The van der Waals surface area contributed by atoms with Crippen molar-refractivity contribution in [2.45, 2.75) is 31.2 Å². The summed E-state index contributed by atoms with van der Waals surface area (Å²) in [6.07, 6.45) is -0.0765. The number of ether oxygens (including phenoxy) is 2. The SMILES string of the molecule is NC1(c2cc3c(cc2C(F)F)OCO3)CCC1. The maximum atomic E-state index is 13.0. The van der Waals surface area contributed by atoms with Crippen LogP contribution in [0.1, 0.15) is 36.8 Å². The van der Waals surface area contributed by atoms with E-state index in [-0.39, 0.29) is 12.4 Å². The maximum absolute atomic E-state index is 13.0. The number of hydrogen-bond acceptors (Lipinski definition) is 3. The molecule has 0 aromatic heterocycles. The molecule has 1 aliphatic carbocycles. The van der Waals surface area contributed by atoms with E-state index in [1.54, 1.807) is 6.07 Å². The fraction of sp³-hybridized carbons (Fsp3) is 0.500. The smallest absolute Gasteiger partial charge is 0.264 e. The molecule has 0 atom stereocenters. The monoisotopic (exact) mass is 241 g/mol. The molecule has 0 unspecified atom stereocenters. The van der Waals surface area contributed by atoms with Crippen LogP contribution in [0.5, 0.6) is 11.5 Å². The standard InChI is InChI=1S/C12H13F2NO2/c13-11(14)7-4-9-10(17-6-16-9)5-8(7)12(15)2-1-3-12/h4-5,11H,1-3,6,15H2. The second-order valence-corrected chi connectivity index (χ2v) is 4.60. The highest BCUT2D eigenvalue weighted by Gasteiger charge is 2.39. The fourth-order valence-electron chi connectivity index (χ4n) is 2.40. The van der Waals surface area contributed by atoms with E-state index in [9.17, 15) is 8.78 Å². The van der Waals surface area contributed by atoms with Crippen LogP contribution in [0.3, 0.4) is 0 Å². The lowest BCUT2D eigenvalue weighted by atomic mass is 9.71. The Morgan fingerprint density at radius 1 is 1.18 bits per heavy atom. The van der Waals surface area contributed by atoms with Gasteiger partial charge in [0, 0.05) is 11.1 Å². The van der Waals surface area contributed by atoms with Gasteiger partial charge < -0.3 is 15.2 Å². The Morgan fingerprint density at radius 2 is 1.82 bits per heavy atom. The van der Waals surface area contributed by atoms with Crippen LogP contribution in [0, 0.1) is 0 Å². The van der Waals surface area contributed by atoms with Crippen molar-refractivity contribution in [1.82, 2.24) is 0 Å². The molecule has 1 saturated carbocycles. The van der Waals surface area contributed by atoms with Crippen molar-refractivity contribution in [2.75, 3.05) is 6.79 Å². The summed E-state index contributed by atoms with van der Waals surface area (Å²) in [6.45, 7) is 0.0824. The molecule has 5 heteroatoms. The molecule has 0 amide bonds. The van der Waals surface area contributed by atoms with Crippen molar-refractivity contribution < 1.29 is 18.3 Å². The molecular weight excluding hydrogens is 228 g/mol. The third-order valence-corrected chi connectivity index (χ3v) is 3.56. The Morgan fingerprint density at radius 3 is 2.35 bits per heavy atom. The summed E-state index contributed by atoms with van der Waals surface area (Å²) >= 11 is 0. The van der Waals surface area contributed by atoms with Crippen LogP contribution < -0.4 is 15.2 Å². The number of halogens is 2. The van der Waals surface area contributed by atoms with E-state index in [2.05, 4.69) is 0 Å². The maximum Gasteiger partial charge on any atom is 0.264 e. The van der Waals surface area contributed by atoms with E-state index in [0.29, 0.717) is 17.1 Å². The zero-order chi connectivity index (χ0) is 12.0. The van der Waals surface area contributed by atoms with E-state index in [0.717, 1.165) is 19.3 Å². The molecule has 0 bridgehead atoms. The molecule has 1 aliphatic heterocycles. The van der Waals surface area contributed by atoms with Gasteiger partial charge in [0.1, 0.15) is 0 Å². The molecule has 0 spiro atoms. The van der Waals surface area contributed by atoms with Gasteiger partial charge in [-0.2, -0.15) is 0 Å². The van der Waals surface area contributed by atoms with Gasteiger partial charge in [0.05, 0.1) is 0 Å². The average molecular weight is 241 g/mol. The highest BCUT2D eigenvalue weighted by Crippen LogP contribution is 2.47. The highest BCUT2D eigenvalue weighted by molar-refractivity contribution is 5.51. The summed E-state index contributed by atoms with van der Waals surface area (Å²) in [7, 11) is 0. The summed E-state index contributed by atoms with van der Waals surface area (Å²) < 4.78 is 36.4. The van der Waals surface area contributed by atoms with Gasteiger partial charge in [-0.3, -0.25) is 0 Å². The van der Waals surface area contributed by atoms with Gasteiger partial charge in [-0.25, -0.2) is 8.78 Å². The molecule has 0 radical (unpaired) electrons. The van der Waals surface area contributed by atoms with Crippen LogP contribution >= 0.6 is 0 Å². The molecule has 3 rings (SSSR count). The summed E-state index contributed by atoms with van der Waals surface area (Å²) in [4.78, 5) is 0. The first-order valence-electron chi connectivity index (χ1n) is 5.61. The largest absolute Gasteiger partial charge is 0.454 e. The first-order valence-corrected chi connectivity index (χ1v) is 5.61. The number of nitrogens with two attached hydrogens (primary N) is 1. The summed E-state index contributed by atoms with van der Waals surface area (Å²) in [5.41, 5.74) is 5.98. The molecule has 0 saturated heterocycles. The van der Waals surface area contributed by atoms with Crippen molar-refractivity contribution in [2.24, 2.45) is 5.73 Å². The second kappa shape index (κ2) is 3.57. The highest BCUT2D eigenvalue weighted by atomic mass is 19.3. The van der Waals surface area contributed by atoms with Crippen LogP contribution in [0.4, 0.5) is 8.78 Å². The Balaban J connectivity index is 2.12. The van der Waals surface area contributed by atoms with E-state index in [4.69, 9.17) is 15.2 Å². The summed E-state index contributed by atoms with van der Waals surface area (Å²) in [5, 5.41) is 0. The van der Waals surface area contributed by atoms with Crippen molar-refractivity contribution in [1.29, 1.82) is 0 Å². The normalized spacial score (nSPS) is 20.5. The van der Waals surface area contributed by atoms with Crippen molar-refractivity contribution >= 4 is 0 Å². The minimum atomic E-state index is -2.54. The zero-order valence-electron chi connectivity index (χ0n) is 9.21. The zero-order valence-corrected chi connectivity index (χ0v) is 9.21. The minimum Gasteiger partial charge on any atom is -0.454 e. The molecule has 1 fully saturated rings. The molecule has 1 heterocycles. The van der Waals surface area contributed by atoms with Crippen LogP contribution in [-0.4, -0.2) is 6.79 Å². The van der Waals surface area contributed by atoms with Gasteiger partial charge in [-0.15, -0.1) is 0 Å². The Bertz CT molecular complexity index is 458. The molecule has 3 nitrogen and oxygen atoms in total. The first kappa shape index (κ1) is 10.8. The summed E-state index contributed by atoms with van der Waals surface area (Å²) in [5.74, 6) is 0.896.